The molecule has 0 aliphatic carbocycles. The molecule has 0 saturated carbocycles. The highest BCUT2D eigenvalue weighted by Crippen LogP contribution is 2.36. The fraction of sp³-hybridized carbons (Fsp3) is 0.303. The number of hydrogen-bond donors (Lipinski definition) is 1. The Morgan fingerprint density at radius 1 is 1.05 bits per heavy atom. The van der Waals surface area contributed by atoms with Gasteiger partial charge in [-0.15, -0.1) is 0 Å². The zero-order valence-corrected chi connectivity index (χ0v) is 25.3. The molecular weight excluding hydrogens is 552 g/mol. The van der Waals surface area contributed by atoms with Crippen LogP contribution in [0.2, 0.25) is 5.02 Å². The third kappa shape index (κ3) is 5.99. The van der Waals surface area contributed by atoms with Crippen molar-refractivity contribution in [1.82, 2.24) is 19.7 Å². The lowest BCUT2D eigenvalue weighted by Crippen LogP contribution is -2.09. The van der Waals surface area contributed by atoms with Crippen molar-refractivity contribution in [3.05, 3.63) is 93.7 Å². The summed E-state index contributed by atoms with van der Waals surface area (Å²) in [6.07, 6.45) is 4.73. The highest BCUT2D eigenvalue weighted by atomic mass is 35.5. The van der Waals surface area contributed by atoms with E-state index in [1.807, 2.05) is 81.9 Å². The number of nitrogens with zero attached hydrogens (tertiary/aromatic N) is 3. The minimum Gasteiger partial charge on any atom is -0.494 e. The third-order valence-electron chi connectivity index (χ3n) is 7.36. The summed E-state index contributed by atoms with van der Waals surface area (Å²) in [6.45, 7) is 8.84. The van der Waals surface area contributed by atoms with E-state index in [2.05, 4.69) is 9.97 Å². The van der Waals surface area contributed by atoms with Gasteiger partial charge in [0.2, 0.25) is 0 Å². The van der Waals surface area contributed by atoms with Gasteiger partial charge < -0.3 is 19.2 Å². The van der Waals surface area contributed by atoms with Crippen LogP contribution in [0.4, 0.5) is 0 Å². The first-order valence-electron chi connectivity index (χ1n) is 14.0. The smallest absolute Gasteiger partial charge is 0.355 e. The molecule has 0 bridgehead atoms. The molecule has 8 nitrogen and oxygen atoms in total. The SMILES string of the molecule is CCOC(=O)c1[nH]c2c(-c3c(COc4cccnc4)nn(C)c3C)cccc2c1CCCOc1cc(C)c(Cl)c(C)c1. The van der Waals surface area contributed by atoms with Gasteiger partial charge in [0.25, 0.3) is 0 Å². The topological polar surface area (TPSA) is 91.3 Å². The first kappa shape index (κ1) is 29.2. The highest BCUT2D eigenvalue weighted by molar-refractivity contribution is 6.32. The summed E-state index contributed by atoms with van der Waals surface area (Å²) in [5.41, 5.74) is 7.89. The maximum absolute atomic E-state index is 13.1. The van der Waals surface area contributed by atoms with E-state index in [0.29, 0.717) is 30.9 Å². The normalized spacial score (nSPS) is 11.2. The molecule has 0 aliphatic heterocycles. The second-order valence-electron chi connectivity index (χ2n) is 10.3. The first-order valence-corrected chi connectivity index (χ1v) is 14.4. The number of nitrogens with one attached hydrogen (secondary N) is 1. The largest absolute Gasteiger partial charge is 0.494 e. The molecule has 5 rings (SSSR count). The Morgan fingerprint density at radius 2 is 1.83 bits per heavy atom. The van der Waals surface area contributed by atoms with Gasteiger partial charge in [-0.3, -0.25) is 9.67 Å². The molecule has 0 saturated heterocycles. The Labute approximate surface area is 250 Å². The maximum atomic E-state index is 13.1. The van der Waals surface area contributed by atoms with Gasteiger partial charge in [0.05, 0.1) is 24.9 Å². The minimum absolute atomic E-state index is 0.276. The molecule has 0 atom stereocenters. The molecule has 0 amide bonds. The van der Waals surface area contributed by atoms with Crippen molar-refractivity contribution < 1.29 is 19.0 Å². The summed E-state index contributed by atoms with van der Waals surface area (Å²) in [7, 11) is 1.92. The van der Waals surface area contributed by atoms with E-state index in [1.54, 1.807) is 12.4 Å². The highest BCUT2D eigenvalue weighted by Gasteiger charge is 2.24. The molecule has 3 heterocycles. The molecule has 0 fully saturated rings. The number of aryl methyl sites for hydroxylation is 4. The van der Waals surface area contributed by atoms with Crippen molar-refractivity contribution in [1.29, 1.82) is 0 Å². The van der Waals surface area contributed by atoms with Crippen molar-refractivity contribution in [2.75, 3.05) is 13.2 Å². The summed E-state index contributed by atoms with van der Waals surface area (Å²) >= 11 is 6.31. The molecule has 1 N–H and O–H groups in total. The maximum Gasteiger partial charge on any atom is 0.355 e. The Hall–Kier alpha value is -4.30. The number of para-hydroxylation sites is 1. The molecular formula is C33H35ClN4O4. The number of pyridine rings is 1. The van der Waals surface area contributed by atoms with Crippen LogP contribution >= 0.6 is 11.6 Å². The van der Waals surface area contributed by atoms with Gasteiger partial charge in [-0.25, -0.2) is 4.79 Å². The Morgan fingerprint density at radius 3 is 2.55 bits per heavy atom. The number of H-pyrrole nitrogens is 1. The Balaban J connectivity index is 1.46. The molecule has 0 aliphatic rings. The minimum atomic E-state index is -0.373. The van der Waals surface area contributed by atoms with E-state index in [1.165, 1.54) is 0 Å². The third-order valence-corrected chi connectivity index (χ3v) is 7.95. The van der Waals surface area contributed by atoms with Crippen LogP contribution in [0.3, 0.4) is 0 Å². The number of rotatable bonds is 11. The fourth-order valence-electron chi connectivity index (χ4n) is 5.26. The van der Waals surface area contributed by atoms with Gasteiger partial charge in [-0.2, -0.15) is 5.10 Å². The van der Waals surface area contributed by atoms with Crippen LogP contribution in [0.1, 0.15) is 51.9 Å². The zero-order valence-electron chi connectivity index (χ0n) is 24.6. The summed E-state index contributed by atoms with van der Waals surface area (Å²) < 4.78 is 19.4. The van der Waals surface area contributed by atoms with Crippen LogP contribution in [0.25, 0.3) is 22.0 Å². The van der Waals surface area contributed by atoms with Crippen molar-refractivity contribution in [2.24, 2.45) is 7.05 Å². The molecule has 2 aromatic carbocycles. The summed E-state index contributed by atoms with van der Waals surface area (Å²) in [5, 5.41) is 6.48. The number of hydrogen-bond acceptors (Lipinski definition) is 6. The summed E-state index contributed by atoms with van der Waals surface area (Å²) in [5.74, 6) is 1.08. The van der Waals surface area contributed by atoms with Gasteiger partial charge >= 0.3 is 5.97 Å². The van der Waals surface area contributed by atoms with Crippen LogP contribution in [-0.4, -0.2) is 38.9 Å². The van der Waals surface area contributed by atoms with Crippen LogP contribution in [0.15, 0.2) is 54.9 Å². The standard InChI is InChI=1S/C33H35ClN4O4/c1-6-40-33(39)32-26(13-9-15-41-24-16-20(2)30(34)21(3)17-24)25-11-7-12-27(31(25)36-32)29-22(4)38(5)37-28(29)19-42-23-10-8-14-35-18-23/h7-8,10-12,14,16-18,36H,6,9,13,15,19H2,1-5H3. The van der Waals surface area contributed by atoms with Gasteiger partial charge in [-0.1, -0.05) is 29.8 Å². The number of carbonyl (C=O) groups excluding carboxylic acids is 1. The average molecular weight is 587 g/mol. The molecule has 218 valence electrons. The molecule has 3 aromatic heterocycles. The molecule has 0 radical (unpaired) electrons. The molecule has 0 spiro atoms. The van der Waals surface area contributed by atoms with Crippen LogP contribution in [0, 0.1) is 20.8 Å². The van der Waals surface area contributed by atoms with E-state index in [0.717, 1.165) is 60.9 Å². The van der Waals surface area contributed by atoms with Crippen molar-refractivity contribution in [3.8, 4) is 22.6 Å². The molecule has 9 heteroatoms. The molecule has 0 unspecified atom stereocenters. The van der Waals surface area contributed by atoms with Crippen LogP contribution in [0.5, 0.6) is 11.5 Å². The van der Waals surface area contributed by atoms with Gasteiger partial charge in [0.1, 0.15) is 29.5 Å². The number of benzene rings is 2. The second-order valence-corrected chi connectivity index (χ2v) is 10.6. The predicted octanol–water partition coefficient (Wildman–Crippen LogP) is 7.31. The number of aromatic amines is 1. The number of esters is 1. The number of halogens is 1. The van der Waals surface area contributed by atoms with Gasteiger partial charge in [0, 0.05) is 40.5 Å². The van der Waals surface area contributed by atoms with Crippen molar-refractivity contribution in [3.63, 3.8) is 0 Å². The van der Waals surface area contributed by atoms with Gasteiger partial charge in [0.15, 0.2) is 0 Å². The van der Waals surface area contributed by atoms with Crippen LogP contribution in [-0.2, 0) is 24.8 Å². The van der Waals surface area contributed by atoms with E-state index in [4.69, 9.17) is 30.9 Å². The van der Waals surface area contributed by atoms with E-state index >= 15 is 0 Å². The molecule has 5 aromatic rings. The average Bonchev–Trinajstić information content (AvgIpc) is 3.50. The zero-order chi connectivity index (χ0) is 29.8. The fourth-order valence-corrected chi connectivity index (χ4v) is 5.37. The summed E-state index contributed by atoms with van der Waals surface area (Å²) in [6, 6.07) is 13.7. The van der Waals surface area contributed by atoms with Crippen molar-refractivity contribution >= 4 is 28.5 Å². The monoisotopic (exact) mass is 586 g/mol. The second kappa shape index (κ2) is 12.7. The summed E-state index contributed by atoms with van der Waals surface area (Å²) in [4.78, 5) is 20.6. The number of fused-ring (bicyclic) bond motifs is 1. The lowest BCUT2D eigenvalue weighted by Gasteiger charge is -2.10. The van der Waals surface area contributed by atoms with E-state index < -0.39 is 0 Å². The Kier molecular flexibility index (Phi) is 8.83. The number of ether oxygens (including phenoxy) is 3. The van der Waals surface area contributed by atoms with Crippen molar-refractivity contribution in [2.45, 2.75) is 47.1 Å². The Bertz CT molecular complexity index is 1700. The van der Waals surface area contributed by atoms with E-state index in [9.17, 15) is 4.79 Å². The lowest BCUT2D eigenvalue weighted by atomic mass is 9.98. The molecule has 42 heavy (non-hydrogen) atoms. The lowest BCUT2D eigenvalue weighted by molar-refractivity contribution is 0.0519. The quantitative estimate of drug-likeness (QED) is 0.129. The van der Waals surface area contributed by atoms with E-state index in [-0.39, 0.29) is 19.2 Å². The van der Waals surface area contributed by atoms with Gasteiger partial charge in [-0.05, 0) is 81.5 Å². The predicted molar refractivity (Wildman–Crippen MR) is 165 cm³/mol. The number of carbonyl (C=O) groups is 1. The van der Waals surface area contributed by atoms with Crippen LogP contribution < -0.4 is 9.47 Å². The first-order chi connectivity index (χ1) is 20.3. The number of aromatic nitrogens is 4.